The Morgan fingerprint density at radius 1 is 1.53 bits per heavy atom. The highest BCUT2D eigenvalue weighted by Gasteiger charge is 2.36. The summed E-state index contributed by atoms with van der Waals surface area (Å²) < 4.78 is 52.1. The Labute approximate surface area is 99.7 Å². The number of hydrogen-bond acceptors (Lipinski definition) is 4. The van der Waals surface area contributed by atoms with Crippen molar-refractivity contribution in [3.05, 3.63) is 27.7 Å². The second kappa shape index (κ2) is 4.82. The van der Waals surface area contributed by atoms with E-state index < -0.39 is 28.7 Å². The van der Waals surface area contributed by atoms with Crippen LogP contribution in [-0.2, 0) is 5.33 Å². The lowest BCUT2D eigenvalue weighted by Crippen LogP contribution is -2.18. The molecule has 5 nitrogen and oxygen atoms in total. The van der Waals surface area contributed by atoms with E-state index in [0.29, 0.717) is 0 Å². The first kappa shape index (κ1) is 13.6. The maximum absolute atomic E-state index is 13.1. The first-order valence-electron chi connectivity index (χ1n) is 3.90. The molecule has 0 atom stereocenters. The van der Waals surface area contributed by atoms with Gasteiger partial charge in [0.05, 0.1) is 5.33 Å². The first-order valence-corrected chi connectivity index (χ1v) is 5.02. The van der Waals surface area contributed by atoms with Crippen LogP contribution in [0.4, 0.5) is 23.4 Å². The molecule has 0 radical (unpaired) electrons. The number of ether oxygens (including phenoxy) is 1. The predicted molar refractivity (Wildman–Crippen MR) is 50.2 cm³/mol. The van der Waals surface area contributed by atoms with Gasteiger partial charge in [-0.1, -0.05) is 15.9 Å². The normalized spacial score (nSPS) is 11.4. The van der Waals surface area contributed by atoms with Crippen LogP contribution in [0.25, 0.3) is 0 Å². The minimum atomic E-state index is -5.16. The van der Waals surface area contributed by atoms with Gasteiger partial charge in [0.25, 0.3) is 0 Å². The smallest absolute Gasteiger partial charge is 0.397 e. The molecule has 0 saturated carbocycles. The van der Waals surface area contributed by atoms with Crippen molar-refractivity contribution in [2.75, 3.05) is 0 Å². The first-order chi connectivity index (χ1) is 7.74. The molecule has 0 spiro atoms. The third-order valence-corrected chi connectivity index (χ3v) is 2.05. The Morgan fingerprint density at radius 3 is 2.53 bits per heavy atom. The summed E-state index contributed by atoms with van der Waals surface area (Å²) >= 11 is 2.79. The van der Waals surface area contributed by atoms with Crippen LogP contribution in [-0.4, -0.2) is 16.3 Å². The maximum atomic E-state index is 13.1. The van der Waals surface area contributed by atoms with Crippen molar-refractivity contribution < 1.29 is 27.2 Å². The maximum Gasteiger partial charge on any atom is 0.573 e. The number of nitro groups is 1. The Balaban J connectivity index is 3.28. The molecular formula is C7H3BrF4N2O3. The molecule has 1 heterocycles. The molecule has 0 unspecified atom stereocenters. The lowest BCUT2D eigenvalue weighted by atomic mass is 10.3. The Morgan fingerprint density at radius 2 is 2.12 bits per heavy atom. The summed E-state index contributed by atoms with van der Waals surface area (Å²) in [5.41, 5.74) is -0.383. The van der Waals surface area contributed by atoms with E-state index in [9.17, 15) is 27.7 Å². The quantitative estimate of drug-likeness (QED) is 0.372. The molecule has 94 valence electrons. The van der Waals surface area contributed by atoms with Gasteiger partial charge in [-0.25, -0.2) is 4.39 Å². The van der Waals surface area contributed by atoms with Crippen LogP contribution in [0, 0.1) is 15.9 Å². The van der Waals surface area contributed by atoms with Gasteiger partial charge >= 0.3 is 12.2 Å². The Bertz CT molecular complexity index is 451. The van der Waals surface area contributed by atoms with E-state index in [1.165, 1.54) is 0 Å². The van der Waals surface area contributed by atoms with Crippen LogP contribution in [0.5, 0.6) is 5.75 Å². The van der Waals surface area contributed by atoms with Gasteiger partial charge in [0.15, 0.2) is 11.5 Å². The number of rotatable bonds is 3. The molecule has 0 aliphatic rings. The average molecular weight is 319 g/mol. The molecular weight excluding hydrogens is 316 g/mol. The van der Waals surface area contributed by atoms with Gasteiger partial charge in [-0.3, -0.25) is 0 Å². The minimum absolute atomic E-state index is 0.175. The zero-order valence-electron chi connectivity index (χ0n) is 7.79. The zero-order valence-corrected chi connectivity index (χ0v) is 9.38. The van der Waals surface area contributed by atoms with E-state index in [1.54, 1.807) is 0 Å². The second-order valence-corrected chi connectivity index (χ2v) is 3.24. The molecule has 0 aliphatic carbocycles. The van der Waals surface area contributed by atoms with Crippen LogP contribution < -0.4 is 4.74 Å². The van der Waals surface area contributed by atoms with Crippen LogP contribution in [0.1, 0.15) is 5.69 Å². The largest absolute Gasteiger partial charge is 0.573 e. The average Bonchev–Trinajstić information content (AvgIpc) is 2.14. The van der Waals surface area contributed by atoms with Gasteiger partial charge in [-0.2, -0.15) is 0 Å². The number of aromatic nitrogens is 1. The fraction of sp³-hybridized carbons (Fsp3) is 0.286. The van der Waals surface area contributed by atoms with E-state index in [4.69, 9.17) is 0 Å². The SMILES string of the molecule is O=[N+]([O-])c1nc(CBr)c(F)cc1OC(F)(F)F. The third-order valence-electron chi connectivity index (χ3n) is 1.52. The summed E-state index contributed by atoms with van der Waals surface area (Å²) in [6, 6.07) is 0.273. The van der Waals surface area contributed by atoms with Crippen molar-refractivity contribution in [1.29, 1.82) is 0 Å². The van der Waals surface area contributed by atoms with Crippen LogP contribution in [0.2, 0.25) is 0 Å². The molecule has 1 aromatic heterocycles. The van der Waals surface area contributed by atoms with E-state index in [1.807, 2.05) is 0 Å². The van der Waals surface area contributed by atoms with Crippen molar-refractivity contribution in [3.63, 3.8) is 0 Å². The lowest BCUT2D eigenvalue weighted by Gasteiger charge is -2.08. The summed E-state index contributed by atoms with van der Waals surface area (Å²) in [7, 11) is 0. The third kappa shape index (κ3) is 3.51. The van der Waals surface area contributed by atoms with Crippen molar-refractivity contribution in [2.45, 2.75) is 11.7 Å². The van der Waals surface area contributed by atoms with Crippen molar-refractivity contribution in [3.8, 4) is 5.75 Å². The summed E-state index contributed by atoms with van der Waals surface area (Å²) in [6.07, 6.45) is -5.16. The van der Waals surface area contributed by atoms with Crippen molar-refractivity contribution >= 4 is 21.7 Å². The molecule has 10 heteroatoms. The number of halogens is 5. The number of alkyl halides is 4. The Kier molecular flexibility index (Phi) is 3.86. The molecule has 0 bridgehead atoms. The molecule has 0 aromatic carbocycles. The van der Waals surface area contributed by atoms with E-state index >= 15 is 0 Å². The molecule has 17 heavy (non-hydrogen) atoms. The molecule has 0 saturated heterocycles. The summed E-state index contributed by atoms with van der Waals surface area (Å²) in [5, 5.41) is 10.3. The van der Waals surface area contributed by atoms with E-state index in [0.717, 1.165) is 0 Å². The van der Waals surface area contributed by atoms with Gasteiger partial charge in [0.2, 0.25) is 5.75 Å². The van der Waals surface area contributed by atoms with Crippen LogP contribution in [0.3, 0.4) is 0 Å². The Hall–Kier alpha value is -1.45. The fourth-order valence-corrected chi connectivity index (χ4v) is 1.32. The van der Waals surface area contributed by atoms with Gasteiger partial charge < -0.3 is 14.9 Å². The number of pyridine rings is 1. The van der Waals surface area contributed by atoms with Crippen LogP contribution >= 0.6 is 15.9 Å². The van der Waals surface area contributed by atoms with Gasteiger partial charge in [-0.15, -0.1) is 13.2 Å². The monoisotopic (exact) mass is 318 g/mol. The highest BCUT2D eigenvalue weighted by atomic mass is 79.9. The van der Waals surface area contributed by atoms with Crippen LogP contribution in [0.15, 0.2) is 6.07 Å². The molecule has 1 aromatic rings. The standard InChI is InChI=1S/C7H3BrF4N2O3/c8-2-4-3(9)1-5(17-7(10,11)12)6(13-4)14(15)16/h1H,2H2. The topological polar surface area (TPSA) is 65.3 Å². The predicted octanol–water partition coefficient (Wildman–Crippen LogP) is 2.92. The molecule has 0 N–H and O–H groups in total. The zero-order chi connectivity index (χ0) is 13.2. The summed E-state index contributed by atoms with van der Waals surface area (Å²) in [6.45, 7) is 0. The minimum Gasteiger partial charge on any atom is -0.397 e. The summed E-state index contributed by atoms with van der Waals surface area (Å²) in [4.78, 5) is 12.4. The molecule has 0 fully saturated rings. The summed E-state index contributed by atoms with van der Waals surface area (Å²) in [5.74, 6) is -3.62. The number of hydrogen-bond donors (Lipinski definition) is 0. The van der Waals surface area contributed by atoms with Gasteiger partial charge in [0, 0.05) is 6.07 Å². The van der Waals surface area contributed by atoms with Gasteiger partial charge in [-0.05, 0) is 9.91 Å². The fourth-order valence-electron chi connectivity index (χ4n) is 0.924. The van der Waals surface area contributed by atoms with E-state index in [-0.39, 0.29) is 17.1 Å². The molecule has 0 aliphatic heterocycles. The lowest BCUT2D eigenvalue weighted by molar-refractivity contribution is -0.393. The van der Waals surface area contributed by atoms with Crippen molar-refractivity contribution in [1.82, 2.24) is 4.98 Å². The van der Waals surface area contributed by atoms with Gasteiger partial charge in [0.1, 0.15) is 0 Å². The molecule has 1 rings (SSSR count). The van der Waals surface area contributed by atoms with Crippen molar-refractivity contribution in [2.24, 2.45) is 0 Å². The highest BCUT2D eigenvalue weighted by Crippen LogP contribution is 2.32. The number of nitrogens with zero attached hydrogens (tertiary/aromatic N) is 2. The second-order valence-electron chi connectivity index (χ2n) is 2.68. The van der Waals surface area contributed by atoms with E-state index in [2.05, 4.69) is 25.7 Å². The highest BCUT2D eigenvalue weighted by molar-refractivity contribution is 9.08. The molecule has 0 amide bonds.